The Balaban J connectivity index is 1.16. The molecule has 2 fully saturated rings. The van der Waals surface area contributed by atoms with Crippen molar-refractivity contribution in [3.05, 3.63) is 101 Å². The van der Waals surface area contributed by atoms with Crippen LogP contribution in [0.4, 0.5) is 14.5 Å². The molecule has 0 unspecified atom stereocenters. The summed E-state index contributed by atoms with van der Waals surface area (Å²) in [6.07, 6.45) is 1.37. The Labute approximate surface area is 226 Å². The van der Waals surface area contributed by atoms with Crippen LogP contribution >= 0.6 is 0 Å². The van der Waals surface area contributed by atoms with Gasteiger partial charge in [0.15, 0.2) is 0 Å². The second-order valence-electron chi connectivity index (χ2n) is 9.80. The van der Waals surface area contributed by atoms with Gasteiger partial charge in [0.2, 0.25) is 11.8 Å². The van der Waals surface area contributed by atoms with Crippen LogP contribution in [0.15, 0.2) is 72.8 Å². The number of carbonyl (C=O) groups excluding carboxylic acids is 3. The summed E-state index contributed by atoms with van der Waals surface area (Å²) in [6.45, 7) is 2.62. The van der Waals surface area contributed by atoms with E-state index in [9.17, 15) is 23.2 Å². The molecule has 7 nitrogen and oxygen atoms in total. The van der Waals surface area contributed by atoms with E-state index >= 15 is 0 Å². The van der Waals surface area contributed by atoms with Gasteiger partial charge in [-0.2, -0.15) is 0 Å². The molecule has 2 heterocycles. The Hall–Kier alpha value is -4.11. The van der Waals surface area contributed by atoms with E-state index in [1.807, 2.05) is 0 Å². The minimum absolute atomic E-state index is 0.0829. The van der Waals surface area contributed by atoms with Crippen molar-refractivity contribution >= 4 is 23.4 Å². The fourth-order valence-corrected chi connectivity index (χ4v) is 5.22. The highest BCUT2D eigenvalue weighted by Crippen LogP contribution is 2.30. The zero-order chi connectivity index (χ0) is 27.4. The summed E-state index contributed by atoms with van der Waals surface area (Å²) in [5.74, 6) is -1.10. The van der Waals surface area contributed by atoms with Crippen molar-refractivity contribution in [2.45, 2.75) is 18.9 Å². The predicted octanol–water partition coefficient (Wildman–Crippen LogP) is 3.76. The number of hydrogen-bond donors (Lipinski definition) is 1. The molecule has 2 aliphatic heterocycles. The molecular weight excluding hydrogens is 502 g/mol. The molecule has 0 saturated carbocycles. The Bertz CT molecular complexity index is 1280. The number of nitrogens with zero attached hydrogens (tertiary/aromatic N) is 3. The van der Waals surface area contributed by atoms with Gasteiger partial charge in [-0.1, -0.05) is 24.3 Å². The standard InChI is InChI=1S/C30H30F2N4O3/c31-24-9-3-21(4-10-24)29(22-5-11-25(32)12-6-22)35-18-16-34(17-19-35)28(38)20-33-30(39)23-7-13-26(14-8-23)36-15-1-2-27(36)37/h3-14,29H,1-2,15-20H2,(H,33,39). The molecule has 0 spiro atoms. The molecule has 2 aliphatic rings. The second-order valence-corrected chi connectivity index (χ2v) is 9.80. The van der Waals surface area contributed by atoms with Crippen molar-refractivity contribution in [3.8, 4) is 0 Å². The molecule has 5 rings (SSSR count). The maximum Gasteiger partial charge on any atom is 0.251 e. The number of benzene rings is 3. The lowest BCUT2D eigenvalue weighted by Crippen LogP contribution is -2.52. The summed E-state index contributed by atoms with van der Waals surface area (Å²) < 4.78 is 27.1. The third kappa shape index (κ3) is 6.15. The summed E-state index contributed by atoms with van der Waals surface area (Å²) in [5, 5.41) is 2.69. The van der Waals surface area contributed by atoms with E-state index in [0.29, 0.717) is 44.7 Å². The maximum atomic E-state index is 13.6. The maximum absolute atomic E-state index is 13.6. The van der Waals surface area contributed by atoms with Crippen LogP contribution in [0.1, 0.15) is 40.4 Å². The number of amides is 3. The summed E-state index contributed by atoms with van der Waals surface area (Å²) in [5.41, 5.74) is 2.96. The zero-order valence-corrected chi connectivity index (χ0v) is 21.5. The van der Waals surface area contributed by atoms with E-state index in [1.165, 1.54) is 24.3 Å². The molecule has 3 aromatic carbocycles. The Morgan fingerprint density at radius 3 is 1.85 bits per heavy atom. The number of piperazine rings is 1. The highest BCUT2D eigenvalue weighted by molar-refractivity contribution is 5.98. The summed E-state index contributed by atoms with van der Waals surface area (Å²) in [6, 6.07) is 19.2. The number of nitrogens with one attached hydrogen (secondary N) is 1. The van der Waals surface area contributed by atoms with Crippen LogP contribution < -0.4 is 10.2 Å². The van der Waals surface area contributed by atoms with Crippen molar-refractivity contribution in [2.24, 2.45) is 0 Å². The Morgan fingerprint density at radius 2 is 1.33 bits per heavy atom. The van der Waals surface area contributed by atoms with Gasteiger partial charge in [0.1, 0.15) is 11.6 Å². The number of halogens is 2. The lowest BCUT2D eigenvalue weighted by molar-refractivity contribution is -0.132. The lowest BCUT2D eigenvalue weighted by Gasteiger charge is -2.39. The topological polar surface area (TPSA) is 73.0 Å². The van der Waals surface area contributed by atoms with E-state index in [0.717, 1.165) is 23.2 Å². The van der Waals surface area contributed by atoms with E-state index in [4.69, 9.17) is 0 Å². The largest absolute Gasteiger partial charge is 0.343 e. The summed E-state index contributed by atoms with van der Waals surface area (Å²) in [4.78, 5) is 43.0. The fourth-order valence-electron chi connectivity index (χ4n) is 5.22. The van der Waals surface area contributed by atoms with Gasteiger partial charge in [0, 0.05) is 50.4 Å². The van der Waals surface area contributed by atoms with Crippen LogP contribution in [0.3, 0.4) is 0 Å². The van der Waals surface area contributed by atoms with Gasteiger partial charge in [-0.15, -0.1) is 0 Å². The van der Waals surface area contributed by atoms with Crippen molar-refractivity contribution in [2.75, 3.05) is 44.2 Å². The van der Waals surface area contributed by atoms with Crippen LogP contribution in [0, 0.1) is 11.6 Å². The number of anilines is 1. The number of rotatable bonds is 7. The molecule has 0 bridgehead atoms. The Morgan fingerprint density at radius 1 is 0.769 bits per heavy atom. The van der Waals surface area contributed by atoms with Gasteiger partial charge in [0.25, 0.3) is 5.91 Å². The van der Waals surface area contributed by atoms with Gasteiger partial charge in [-0.25, -0.2) is 8.78 Å². The minimum Gasteiger partial charge on any atom is -0.343 e. The van der Waals surface area contributed by atoms with E-state index in [2.05, 4.69) is 10.2 Å². The second kappa shape index (κ2) is 11.7. The molecule has 0 atom stereocenters. The first-order chi connectivity index (χ1) is 18.9. The highest BCUT2D eigenvalue weighted by Gasteiger charge is 2.28. The third-order valence-electron chi connectivity index (χ3n) is 7.32. The van der Waals surface area contributed by atoms with Gasteiger partial charge >= 0.3 is 0 Å². The van der Waals surface area contributed by atoms with Crippen LogP contribution in [-0.4, -0.2) is 66.8 Å². The minimum atomic E-state index is -0.353. The summed E-state index contributed by atoms with van der Waals surface area (Å²) >= 11 is 0. The first-order valence-corrected chi connectivity index (χ1v) is 13.1. The average molecular weight is 533 g/mol. The Kier molecular flexibility index (Phi) is 7.97. The van der Waals surface area contributed by atoms with Crippen LogP contribution in [-0.2, 0) is 9.59 Å². The molecule has 0 aliphatic carbocycles. The number of hydrogen-bond acceptors (Lipinski definition) is 4. The molecule has 0 aromatic heterocycles. The summed E-state index contributed by atoms with van der Waals surface area (Å²) in [7, 11) is 0. The van der Waals surface area contributed by atoms with E-state index in [1.54, 1.807) is 58.3 Å². The first kappa shape index (κ1) is 26.5. The average Bonchev–Trinajstić information content (AvgIpc) is 3.40. The van der Waals surface area contributed by atoms with Gasteiger partial charge in [0.05, 0.1) is 12.6 Å². The molecule has 0 radical (unpaired) electrons. The van der Waals surface area contributed by atoms with E-state index < -0.39 is 0 Å². The SMILES string of the molecule is O=C(NCC(=O)N1CCN(C(c2ccc(F)cc2)c2ccc(F)cc2)CC1)c1ccc(N2CCCC2=O)cc1. The van der Waals surface area contributed by atoms with Crippen LogP contribution in [0.2, 0.25) is 0 Å². The fraction of sp³-hybridized carbons (Fsp3) is 0.300. The smallest absolute Gasteiger partial charge is 0.251 e. The molecule has 9 heteroatoms. The van der Waals surface area contributed by atoms with Gasteiger partial charge < -0.3 is 15.1 Å². The van der Waals surface area contributed by atoms with Crippen LogP contribution in [0.25, 0.3) is 0 Å². The van der Waals surface area contributed by atoms with Crippen molar-refractivity contribution < 1.29 is 23.2 Å². The third-order valence-corrected chi connectivity index (χ3v) is 7.32. The van der Waals surface area contributed by atoms with Crippen molar-refractivity contribution in [3.63, 3.8) is 0 Å². The first-order valence-electron chi connectivity index (χ1n) is 13.1. The van der Waals surface area contributed by atoms with Crippen LogP contribution in [0.5, 0.6) is 0 Å². The van der Waals surface area contributed by atoms with Gasteiger partial charge in [-0.3, -0.25) is 19.3 Å². The lowest BCUT2D eigenvalue weighted by atomic mass is 9.96. The highest BCUT2D eigenvalue weighted by atomic mass is 19.1. The van der Waals surface area contributed by atoms with Gasteiger partial charge in [-0.05, 0) is 66.1 Å². The molecule has 1 N–H and O–H groups in total. The zero-order valence-electron chi connectivity index (χ0n) is 21.5. The monoisotopic (exact) mass is 532 g/mol. The molecule has 39 heavy (non-hydrogen) atoms. The normalized spacial score (nSPS) is 16.1. The van der Waals surface area contributed by atoms with Crippen molar-refractivity contribution in [1.29, 1.82) is 0 Å². The van der Waals surface area contributed by atoms with Crippen molar-refractivity contribution in [1.82, 2.24) is 15.1 Å². The molecule has 3 amide bonds. The molecule has 3 aromatic rings. The predicted molar refractivity (Wildman–Crippen MR) is 143 cm³/mol. The number of carbonyl (C=O) groups is 3. The molecular formula is C30H30F2N4O3. The molecule has 2 saturated heterocycles. The van der Waals surface area contributed by atoms with E-state index in [-0.39, 0.29) is 41.9 Å². The quantitative estimate of drug-likeness (QED) is 0.503. The molecule has 202 valence electrons.